The highest BCUT2D eigenvalue weighted by atomic mass is 16.6. The number of aromatic nitrogens is 2. The van der Waals surface area contributed by atoms with E-state index in [0.29, 0.717) is 18.9 Å². The normalized spacial score (nSPS) is 14.7. The minimum absolute atomic E-state index is 0.0932. The van der Waals surface area contributed by atoms with Crippen molar-refractivity contribution < 1.29 is 4.92 Å². The smallest absolute Gasteiger partial charge is 0.354 e. The number of benzene rings is 1. The van der Waals surface area contributed by atoms with Gasteiger partial charge in [-0.05, 0) is 12.1 Å². The molecule has 0 radical (unpaired) electrons. The van der Waals surface area contributed by atoms with Gasteiger partial charge >= 0.3 is 5.69 Å². The Morgan fingerprint density at radius 2 is 1.72 bits per heavy atom. The van der Waals surface area contributed by atoms with Crippen molar-refractivity contribution in [2.24, 2.45) is 0 Å². The number of piperazine rings is 1. The van der Waals surface area contributed by atoms with Crippen LogP contribution < -0.4 is 15.2 Å². The first-order valence-electron chi connectivity index (χ1n) is 8.04. The van der Waals surface area contributed by atoms with Crippen LogP contribution in [0.25, 0.3) is 0 Å². The monoisotopic (exact) mass is 343 g/mol. The summed E-state index contributed by atoms with van der Waals surface area (Å²) in [6.45, 7) is 2.88. The Morgan fingerprint density at radius 3 is 2.32 bits per heavy atom. The van der Waals surface area contributed by atoms with Gasteiger partial charge in [0.2, 0.25) is 11.6 Å². The first-order chi connectivity index (χ1) is 12.1. The fourth-order valence-electron chi connectivity index (χ4n) is 2.88. The van der Waals surface area contributed by atoms with E-state index in [1.165, 1.54) is 6.33 Å². The number of nitro groups is 1. The van der Waals surface area contributed by atoms with Crippen molar-refractivity contribution in [1.29, 1.82) is 0 Å². The van der Waals surface area contributed by atoms with Crippen LogP contribution in [0.2, 0.25) is 0 Å². The number of para-hydroxylation sites is 1. The molecule has 1 aliphatic heterocycles. The third kappa shape index (κ3) is 3.77. The van der Waals surface area contributed by atoms with Gasteiger partial charge < -0.3 is 9.80 Å². The lowest BCUT2D eigenvalue weighted by atomic mass is 10.2. The van der Waals surface area contributed by atoms with Gasteiger partial charge in [0.1, 0.15) is 6.33 Å². The molecule has 0 spiro atoms. The summed E-state index contributed by atoms with van der Waals surface area (Å²) in [7, 11) is 3.51. The predicted molar refractivity (Wildman–Crippen MR) is 96.9 cm³/mol. The van der Waals surface area contributed by atoms with Gasteiger partial charge in [0.25, 0.3) is 0 Å². The number of nitrogens with zero attached hydrogens (tertiary/aromatic N) is 6. The highest BCUT2D eigenvalue weighted by Gasteiger charge is 2.29. The average molecular weight is 343 g/mol. The van der Waals surface area contributed by atoms with E-state index >= 15 is 0 Å². The maximum absolute atomic E-state index is 11.6. The highest BCUT2D eigenvalue weighted by Crippen LogP contribution is 2.32. The summed E-state index contributed by atoms with van der Waals surface area (Å²) in [5.41, 5.74) is 3.94. The zero-order valence-corrected chi connectivity index (χ0v) is 14.3. The zero-order valence-electron chi connectivity index (χ0n) is 14.3. The van der Waals surface area contributed by atoms with E-state index in [0.717, 1.165) is 18.8 Å². The quantitative estimate of drug-likeness (QED) is 0.647. The molecule has 1 aliphatic rings. The lowest BCUT2D eigenvalue weighted by molar-refractivity contribution is -0.383. The fourth-order valence-corrected chi connectivity index (χ4v) is 2.88. The molecule has 132 valence electrons. The fraction of sp³-hybridized carbons (Fsp3) is 0.375. The van der Waals surface area contributed by atoms with Crippen LogP contribution in [0, 0.1) is 10.1 Å². The first kappa shape index (κ1) is 16.9. The van der Waals surface area contributed by atoms with Crippen molar-refractivity contribution in [3.05, 3.63) is 46.8 Å². The third-order valence-electron chi connectivity index (χ3n) is 4.02. The molecule has 0 bridgehead atoms. The summed E-state index contributed by atoms with van der Waals surface area (Å²) >= 11 is 0. The maximum Gasteiger partial charge on any atom is 0.354 e. The van der Waals surface area contributed by atoms with Crippen molar-refractivity contribution in [1.82, 2.24) is 15.0 Å². The molecule has 0 atom stereocenters. The standard InChI is InChI=1S/C16H21N7O2/c1-20(2)19-15-14(23(24)25)16(18-12-17-15)22-10-8-21(9-11-22)13-6-4-3-5-7-13/h3-7,12H,8-11H2,1-2H3,(H,17,18,19). The van der Waals surface area contributed by atoms with Gasteiger partial charge in [-0.1, -0.05) is 18.2 Å². The molecule has 1 N–H and O–H groups in total. The Morgan fingerprint density at radius 1 is 1.08 bits per heavy atom. The van der Waals surface area contributed by atoms with Gasteiger partial charge in [0.15, 0.2) is 0 Å². The summed E-state index contributed by atoms with van der Waals surface area (Å²) in [5, 5.41) is 13.2. The van der Waals surface area contributed by atoms with E-state index in [4.69, 9.17) is 0 Å². The van der Waals surface area contributed by atoms with Gasteiger partial charge in [0.05, 0.1) is 4.92 Å². The maximum atomic E-state index is 11.6. The van der Waals surface area contributed by atoms with Crippen LogP contribution in [0.1, 0.15) is 0 Å². The van der Waals surface area contributed by atoms with E-state index in [2.05, 4.69) is 32.4 Å². The molecule has 1 fully saturated rings. The number of rotatable bonds is 5. The number of hydrogen-bond acceptors (Lipinski definition) is 8. The topological polar surface area (TPSA) is 90.7 Å². The molecule has 9 nitrogen and oxygen atoms in total. The Bertz CT molecular complexity index is 731. The van der Waals surface area contributed by atoms with Crippen LogP contribution >= 0.6 is 0 Å². The molecule has 2 heterocycles. The summed E-state index contributed by atoms with van der Waals surface area (Å²) in [6.07, 6.45) is 1.36. The van der Waals surface area contributed by atoms with Gasteiger partial charge in [-0.15, -0.1) is 0 Å². The predicted octanol–water partition coefficient (Wildman–Crippen LogP) is 1.60. The second-order valence-electron chi connectivity index (χ2n) is 5.97. The number of nitrogens with one attached hydrogen (secondary N) is 1. The largest absolute Gasteiger partial charge is 0.368 e. The van der Waals surface area contributed by atoms with Crippen molar-refractivity contribution >= 4 is 23.0 Å². The minimum Gasteiger partial charge on any atom is -0.368 e. The molecule has 1 aromatic heterocycles. The number of hydrogen-bond donors (Lipinski definition) is 1. The molecule has 0 amide bonds. The molecule has 1 aromatic carbocycles. The van der Waals surface area contributed by atoms with Crippen molar-refractivity contribution in [2.45, 2.75) is 0 Å². The number of hydrazine groups is 1. The zero-order chi connectivity index (χ0) is 17.8. The molecule has 3 rings (SSSR count). The summed E-state index contributed by atoms with van der Waals surface area (Å²) in [4.78, 5) is 23.6. The van der Waals surface area contributed by atoms with Gasteiger partial charge in [-0.2, -0.15) is 0 Å². The van der Waals surface area contributed by atoms with Crippen molar-refractivity contribution in [2.75, 3.05) is 55.5 Å². The van der Waals surface area contributed by atoms with Crippen LogP contribution in [0.3, 0.4) is 0 Å². The number of anilines is 3. The van der Waals surface area contributed by atoms with E-state index < -0.39 is 4.92 Å². The molecule has 25 heavy (non-hydrogen) atoms. The van der Waals surface area contributed by atoms with Crippen LogP contribution in [-0.4, -0.2) is 60.2 Å². The minimum atomic E-state index is -0.426. The average Bonchev–Trinajstić information content (AvgIpc) is 2.62. The van der Waals surface area contributed by atoms with E-state index in [1.54, 1.807) is 19.1 Å². The van der Waals surface area contributed by atoms with Crippen LogP contribution in [-0.2, 0) is 0 Å². The summed E-state index contributed by atoms with van der Waals surface area (Å²) < 4.78 is 0. The first-order valence-corrected chi connectivity index (χ1v) is 8.04. The van der Waals surface area contributed by atoms with Gasteiger partial charge in [-0.25, -0.2) is 15.0 Å². The molecule has 0 aliphatic carbocycles. The molecule has 2 aromatic rings. The second-order valence-corrected chi connectivity index (χ2v) is 5.97. The Balaban J connectivity index is 1.80. The lowest BCUT2D eigenvalue weighted by Crippen LogP contribution is -2.47. The summed E-state index contributed by atoms with van der Waals surface area (Å²) in [6, 6.07) is 10.2. The van der Waals surface area contributed by atoms with Crippen molar-refractivity contribution in [3.63, 3.8) is 0 Å². The Kier molecular flexibility index (Phi) is 4.94. The van der Waals surface area contributed by atoms with Crippen molar-refractivity contribution in [3.8, 4) is 0 Å². The van der Waals surface area contributed by atoms with Gasteiger partial charge in [-0.3, -0.25) is 15.5 Å². The third-order valence-corrected chi connectivity index (χ3v) is 4.02. The molecule has 9 heteroatoms. The SMILES string of the molecule is CN(C)Nc1ncnc(N2CCN(c3ccccc3)CC2)c1[N+](=O)[O-]. The van der Waals surface area contributed by atoms with E-state index in [-0.39, 0.29) is 11.5 Å². The molecule has 0 saturated carbocycles. The molecule has 1 saturated heterocycles. The Labute approximate surface area is 146 Å². The molecular weight excluding hydrogens is 322 g/mol. The second kappa shape index (κ2) is 7.31. The Hall–Kier alpha value is -2.94. The van der Waals surface area contributed by atoms with E-state index in [1.807, 2.05) is 23.1 Å². The highest BCUT2D eigenvalue weighted by molar-refractivity contribution is 5.70. The van der Waals surface area contributed by atoms with Crippen LogP contribution in [0.15, 0.2) is 36.7 Å². The molecule has 0 unspecified atom stereocenters. The lowest BCUT2D eigenvalue weighted by Gasteiger charge is -2.36. The molecular formula is C16H21N7O2. The van der Waals surface area contributed by atoms with Gasteiger partial charge in [0, 0.05) is 46.0 Å². The van der Waals surface area contributed by atoms with Crippen LogP contribution in [0.5, 0.6) is 0 Å². The van der Waals surface area contributed by atoms with Crippen LogP contribution in [0.4, 0.5) is 23.0 Å². The summed E-state index contributed by atoms with van der Waals surface area (Å²) in [5.74, 6) is 0.558. The van der Waals surface area contributed by atoms with E-state index in [9.17, 15) is 10.1 Å².